The zero-order valence-electron chi connectivity index (χ0n) is 11.7. The number of nitrogens with one attached hydrogen (secondary N) is 1. The second-order valence-electron chi connectivity index (χ2n) is 4.46. The van der Waals surface area contributed by atoms with Crippen LogP contribution in [0.25, 0.3) is 0 Å². The summed E-state index contributed by atoms with van der Waals surface area (Å²) in [6, 6.07) is 11.8. The number of para-hydroxylation sites is 1. The summed E-state index contributed by atoms with van der Waals surface area (Å²) < 4.78 is 32.0. The maximum atomic E-state index is 12.3. The van der Waals surface area contributed by atoms with Gasteiger partial charge in [-0.3, -0.25) is 14.8 Å². The molecule has 0 atom stereocenters. The Labute approximate surface area is 127 Å². The number of rotatable bonds is 6. The van der Waals surface area contributed by atoms with E-state index in [1.807, 2.05) is 0 Å². The lowest BCUT2D eigenvalue weighted by molar-refractivity contribution is -0.387. The molecule has 8 heteroatoms. The summed E-state index contributed by atoms with van der Waals surface area (Å²) in [7, 11) is -2.52. The van der Waals surface area contributed by atoms with Gasteiger partial charge in [0.05, 0.1) is 11.5 Å². The highest BCUT2D eigenvalue weighted by atomic mass is 32.2. The fourth-order valence-electron chi connectivity index (χ4n) is 1.94. The monoisotopic (exact) mass is 322 g/mol. The molecule has 0 bridgehead atoms. The van der Waals surface area contributed by atoms with Gasteiger partial charge in [-0.1, -0.05) is 24.3 Å². The van der Waals surface area contributed by atoms with Gasteiger partial charge in [0.25, 0.3) is 15.7 Å². The minimum Gasteiger partial charge on any atom is -0.380 e. The van der Waals surface area contributed by atoms with Gasteiger partial charge in [0, 0.05) is 18.9 Å². The molecule has 0 heterocycles. The fraction of sp³-hybridized carbons (Fsp3) is 0.143. The molecule has 1 N–H and O–H groups in total. The maximum absolute atomic E-state index is 12.3. The number of nitrogens with zero attached hydrogens (tertiary/aromatic N) is 1. The van der Waals surface area contributed by atoms with Crippen molar-refractivity contribution in [2.24, 2.45) is 0 Å². The second kappa shape index (κ2) is 6.54. The second-order valence-corrected chi connectivity index (χ2v) is 6.11. The predicted molar refractivity (Wildman–Crippen MR) is 81.1 cm³/mol. The molecule has 0 aliphatic heterocycles. The minimum atomic E-state index is -4.05. The maximum Gasteiger partial charge on any atom is 0.289 e. The minimum absolute atomic E-state index is 0.313. The number of nitro groups is 1. The summed E-state index contributed by atoms with van der Waals surface area (Å²) in [4.78, 5) is 9.85. The zero-order chi connectivity index (χ0) is 16.2. The quantitative estimate of drug-likeness (QED) is 0.651. The van der Waals surface area contributed by atoms with Crippen LogP contribution in [0.15, 0.2) is 53.4 Å². The van der Waals surface area contributed by atoms with Crippen LogP contribution in [0.4, 0.5) is 11.4 Å². The topological polar surface area (TPSA) is 98.5 Å². The Kier molecular flexibility index (Phi) is 4.74. The first-order chi connectivity index (χ1) is 10.4. The lowest BCUT2D eigenvalue weighted by Crippen LogP contribution is -2.14. The van der Waals surface area contributed by atoms with Crippen molar-refractivity contribution in [3.05, 3.63) is 64.2 Å². The van der Waals surface area contributed by atoms with Crippen LogP contribution in [0.3, 0.4) is 0 Å². The Bertz CT molecular complexity index is 789. The van der Waals surface area contributed by atoms with Crippen molar-refractivity contribution in [2.75, 3.05) is 11.8 Å². The number of hydrogen-bond donors (Lipinski definition) is 1. The average Bonchev–Trinajstić information content (AvgIpc) is 2.47. The van der Waals surface area contributed by atoms with Crippen LogP contribution in [0.2, 0.25) is 0 Å². The van der Waals surface area contributed by atoms with Gasteiger partial charge in [-0.15, -0.1) is 0 Å². The third kappa shape index (κ3) is 3.60. The summed E-state index contributed by atoms with van der Waals surface area (Å²) in [5.41, 5.74) is 0.626. The largest absolute Gasteiger partial charge is 0.380 e. The van der Waals surface area contributed by atoms with E-state index in [-0.39, 0.29) is 4.90 Å². The van der Waals surface area contributed by atoms with Crippen LogP contribution in [0, 0.1) is 10.1 Å². The van der Waals surface area contributed by atoms with E-state index in [1.165, 1.54) is 25.3 Å². The predicted octanol–water partition coefficient (Wildman–Crippen LogP) is 2.54. The molecule has 22 heavy (non-hydrogen) atoms. The van der Waals surface area contributed by atoms with E-state index in [1.54, 1.807) is 24.3 Å². The molecule has 0 fully saturated rings. The number of anilines is 1. The number of benzene rings is 2. The number of methoxy groups -OCH3 is 1. The Morgan fingerprint density at radius 1 is 1.18 bits per heavy atom. The van der Waals surface area contributed by atoms with Crippen LogP contribution in [0.5, 0.6) is 0 Å². The van der Waals surface area contributed by atoms with Crippen LogP contribution in [0.1, 0.15) is 5.56 Å². The molecule has 2 rings (SSSR count). The van der Waals surface area contributed by atoms with E-state index in [0.29, 0.717) is 12.3 Å². The van der Waals surface area contributed by atoms with E-state index in [4.69, 9.17) is 4.74 Å². The number of sulfonamides is 1. The van der Waals surface area contributed by atoms with Gasteiger partial charge < -0.3 is 4.74 Å². The van der Waals surface area contributed by atoms with Crippen molar-refractivity contribution in [3.63, 3.8) is 0 Å². The Balaban J connectivity index is 2.36. The number of hydrogen-bond acceptors (Lipinski definition) is 5. The first-order valence-electron chi connectivity index (χ1n) is 6.28. The molecule has 0 amide bonds. The molecule has 0 radical (unpaired) electrons. The SMILES string of the molecule is COCc1cccc(NS(=O)(=O)c2ccccc2[N+](=O)[O-])c1. The fourth-order valence-corrected chi connectivity index (χ4v) is 3.16. The van der Waals surface area contributed by atoms with Crippen molar-refractivity contribution < 1.29 is 18.1 Å². The molecule has 0 spiro atoms. The average molecular weight is 322 g/mol. The molecule has 0 unspecified atom stereocenters. The van der Waals surface area contributed by atoms with Crippen LogP contribution in [-0.4, -0.2) is 20.5 Å². The number of ether oxygens (including phenoxy) is 1. The molecule has 0 saturated carbocycles. The summed E-state index contributed by atoms with van der Waals surface area (Å²) in [6.07, 6.45) is 0. The van der Waals surface area contributed by atoms with Crippen molar-refractivity contribution in [3.8, 4) is 0 Å². The Hall–Kier alpha value is -2.45. The van der Waals surface area contributed by atoms with Gasteiger partial charge >= 0.3 is 0 Å². The Morgan fingerprint density at radius 3 is 2.59 bits per heavy atom. The smallest absolute Gasteiger partial charge is 0.289 e. The molecule has 0 saturated heterocycles. The van der Waals surface area contributed by atoms with E-state index in [2.05, 4.69) is 4.72 Å². The van der Waals surface area contributed by atoms with E-state index in [9.17, 15) is 18.5 Å². The first kappa shape index (κ1) is 15.9. The zero-order valence-corrected chi connectivity index (χ0v) is 12.5. The lowest BCUT2D eigenvalue weighted by Gasteiger charge is -2.09. The highest BCUT2D eigenvalue weighted by Crippen LogP contribution is 2.25. The van der Waals surface area contributed by atoms with E-state index in [0.717, 1.165) is 11.6 Å². The molecular formula is C14H14N2O5S. The van der Waals surface area contributed by atoms with Gasteiger partial charge in [0.15, 0.2) is 4.90 Å². The summed E-state index contributed by atoms with van der Waals surface area (Å²) in [5.74, 6) is 0. The molecular weight excluding hydrogens is 308 g/mol. The summed E-state index contributed by atoms with van der Waals surface area (Å²) in [5, 5.41) is 11.0. The molecule has 2 aromatic carbocycles. The van der Waals surface area contributed by atoms with Gasteiger partial charge in [-0.2, -0.15) is 0 Å². The van der Waals surface area contributed by atoms with Crippen LogP contribution >= 0.6 is 0 Å². The third-order valence-electron chi connectivity index (χ3n) is 2.84. The van der Waals surface area contributed by atoms with Gasteiger partial charge in [-0.05, 0) is 23.8 Å². The van der Waals surface area contributed by atoms with Crippen molar-refractivity contribution in [1.29, 1.82) is 0 Å². The first-order valence-corrected chi connectivity index (χ1v) is 7.76. The molecule has 2 aromatic rings. The summed E-state index contributed by atoms with van der Waals surface area (Å²) >= 11 is 0. The van der Waals surface area contributed by atoms with E-state index < -0.39 is 20.6 Å². The van der Waals surface area contributed by atoms with Gasteiger partial charge in [0.1, 0.15) is 0 Å². The molecule has 0 aliphatic carbocycles. The van der Waals surface area contributed by atoms with Crippen LogP contribution in [-0.2, 0) is 21.4 Å². The highest BCUT2D eigenvalue weighted by molar-refractivity contribution is 7.92. The Morgan fingerprint density at radius 2 is 1.91 bits per heavy atom. The molecule has 0 aromatic heterocycles. The van der Waals surface area contributed by atoms with Crippen molar-refractivity contribution in [1.82, 2.24) is 0 Å². The van der Waals surface area contributed by atoms with Gasteiger partial charge in [-0.25, -0.2) is 8.42 Å². The standard InChI is InChI=1S/C14H14N2O5S/c1-21-10-11-5-4-6-12(9-11)15-22(19,20)14-8-3-2-7-13(14)16(17)18/h2-9,15H,10H2,1H3. The van der Waals surface area contributed by atoms with Crippen molar-refractivity contribution in [2.45, 2.75) is 11.5 Å². The summed E-state index contributed by atoms with van der Waals surface area (Å²) in [6.45, 7) is 0.334. The van der Waals surface area contributed by atoms with Crippen molar-refractivity contribution >= 4 is 21.4 Å². The van der Waals surface area contributed by atoms with Gasteiger partial charge in [0.2, 0.25) is 0 Å². The third-order valence-corrected chi connectivity index (χ3v) is 4.27. The van der Waals surface area contributed by atoms with Crippen LogP contribution < -0.4 is 4.72 Å². The molecule has 0 aliphatic rings. The van der Waals surface area contributed by atoms with E-state index >= 15 is 0 Å². The highest BCUT2D eigenvalue weighted by Gasteiger charge is 2.25. The molecule has 7 nitrogen and oxygen atoms in total. The molecule has 116 valence electrons. The normalized spacial score (nSPS) is 11.1. The number of nitro benzene ring substituents is 1. The lowest BCUT2D eigenvalue weighted by atomic mass is 10.2.